The van der Waals surface area contributed by atoms with Crippen LogP contribution >= 0.6 is 15.9 Å². The number of nitrogens with zero attached hydrogens (tertiary/aromatic N) is 1. The summed E-state index contributed by atoms with van der Waals surface area (Å²) in [7, 11) is 0. The second kappa shape index (κ2) is 7.00. The van der Waals surface area contributed by atoms with Crippen LogP contribution in [-0.2, 0) is 15.0 Å². The van der Waals surface area contributed by atoms with Crippen molar-refractivity contribution in [3.05, 3.63) is 64.6 Å². The normalized spacial score (nSPS) is 17.6. The molecule has 3 rings (SSSR count). The SMILES string of the molecule is CC(C)(C(=O)NC1CCN(c2ccccc2)C1=O)c1cccc(Br)c1. The summed E-state index contributed by atoms with van der Waals surface area (Å²) >= 11 is 3.44. The van der Waals surface area contributed by atoms with E-state index >= 15 is 0 Å². The van der Waals surface area contributed by atoms with Gasteiger partial charge in [-0.25, -0.2) is 0 Å². The number of hydrogen-bond acceptors (Lipinski definition) is 2. The fraction of sp³-hybridized carbons (Fsp3) is 0.300. The molecule has 25 heavy (non-hydrogen) atoms. The van der Waals surface area contributed by atoms with E-state index < -0.39 is 11.5 Å². The first kappa shape index (κ1) is 17.7. The highest BCUT2D eigenvalue weighted by Crippen LogP contribution is 2.27. The first-order valence-corrected chi connectivity index (χ1v) is 9.12. The van der Waals surface area contributed by atoms with Gasteiger partial charge in [-0.3, -0.25) is 9.59 Å². The van der Waals surface area contributed by atoms with Gasteiger partial charge in [0.15, 0.2) is 0 Å². The van der Waals surface area contributed by atoms with Gasteiger partial charge in [-0.1, -0.05) is 46.3 Å². The van der Waals surface area contributed by atoms with Crippen molar-refractivity contribution < 1.29 is 9.59 Å². The molecule has 5 heteroatoms. The van der Waals surface area contributed by atoms with Crippen LogP contribution in [-0.4, -0.2) is 24.4 Å². The Morgan fingerprint density at radius 2 is 1.88 bits per heavy atom. The Morgan fingerprint density at radius 3 is 2.56 bits per heavy atom. The highest BCUT2D eigenvalue weighted by atomic mass is 79.9. The van der Waals surface area contributed by atoms with E-state index in [1.165, 1.54) is 0 Å². The number of hydrogen-bond donors (Lipinski definition) is 1. The molecule has 4 nitrogen and oxygen atoms in total. The number of para-hydroxylation sites is 1. The van der Waals surface area contributed by atoms with E-state index in [9.17, 15) is 9.59 Å². The molecule has 1 aliphatic rings. The fourth-order valence-electron chi connectivity index (χ4n) is 3.03. The number of halogens is 1. The lowest BCUT2D eigenvalue weighted by molar-refractivity contribution is -0.129. The van der Waals surface area contributed by atoms with Gasteiger partial charge >= 0.3 is 0 Å². The zero-order valence-corrected chi connectivity index (χ0v) is 15.9. The summed E-state index contributed by atoms with van der Waals surface area (Å²) in [4.78, 5) is 27.2. The van der Waals surface area contributed by atoms with Crippen molar-refractivity contribution in [3.8, 4) is 0 Å². The molecule has 2 amide bonds. The van der Waals surface area contributed by atoms with Gasteiger partial charge in [0.25, 0.3) is 0 Å². The maximum Gasteiger partial charge on any atom is 0.249 e. The number of anilines is 1. The molecular weight excluding hydrogens is 380 g/mol. The Morgan fingerprint density at radius 1 is 1.16 bits per heavy atom. The van der Waals surface area contributed by atoms with E-state index in [0.717, 1.165) is 15.7 Å². The monoisotopic (exact) mass is 400 g/mol. The van der Waals surface area contributed by atoms with Crippen molar-refractivity contribution in [3.63, 3.8) is 0 Å². The van der Waals surface area contributed by atoms with Gasteiger partial charge < -0.3 is 10.2 Å². The van der Waals surface area contributed by atoms with Crippen molar-refractivity contribution in [1.82, 2.24) is 5.32 Å². The molecule has 0 aliphatic carbocycles. The van der Waals surface area contributed by atoms with Gasteiger partial charge in [-0.15, -0.1) is 0 Å². The first-order valence-electron chi connectivity index (χ1n) is 8.33. The Labute approximate surface area is 156 Å². The van der Waals surface area contributed by atoms with Crippen LogP contribution in [0.15, 0.2) is 59.1 Å². The van der Waals surface area contributed by atoms with Crippen LogP contribution in [0.2, 0.25) is 0 Å². The van der Waals surface area contributed by atoms with Gasteiger partial charge in [0.2, 0.25) is 11.8 Å². The third-order valence-corrected chi connectivity index (χ3v) is 5.19. The van der Waals surface area contributed by atoms with E-state index in [-0.39, 0.29) is 11.8 Å². The van der Waals surface area contributed by atoms with E-state index in [1.807, 2.05) is 68.4 Å². The first-order chi connectivity index (χ1) is 11.9. The van der Waals surface area contributed by atoms with Gasteiger partial charge in [-0.2, -0.15) is 0 Å². The summed E-state index contributed by atoms with van der Waals surface area (Å²) in [6.07, 6.45) is 0.619. The summed E-state index contributed by atoms with van der Waals surface area (Å²) in [5.41, 5.74) is 1.06. The predicted molar refractivity (Wildman–Crippen MR) is 103 cm³/mol. The minimum absolute atomic E-state index is 0.0513. The molecule has 0 spiro atoms. The quantitative estimate of drug-likeness (QED) is 0.851. The molecule has 1 atom stereocenters. The molecule has 2 aromatic rings. The standard InChI is InChI=1S/C20H21BrN2O2/c1-20(2,14-7-6-8-15(21)13-14)19(25)22-17-11-12-23(18(17)24)16-9-4-3-5-10-16/h3-10,13,17H,11-12H2,1-2H3,(H,22,25). The summed E-state index contributed by atoms with van der Waals surface area (Å²) < 4.78 is 0.929. The topological polar surface area (TPSA) is 49.4 Å². The van der Waals surface area contributed by atoms with E-state index in [2.05, 4.69) is 21.2 Å². The Kier molecular flexibility index (Phi) is 4.95. The molecule has 1 saturated heterocycles. The molecule has 0 bridgehead atoms. The van der Waals surface area contributed by atoms with Crippen LogP contribution in [0, 0.1) is 0 Å². The number of nitrogens with one attached hydrogen (secondary N) is 1. The fourth-order valence-corrected chi connectivity index (χ4v) is 3.42. The lowest BCUT2D eigenvalue weighted by atomic mass is 9.83. The molecule has 1 unspecified atom stereocenters. The summed E-state index contributed by atoms with van der Waals surface area (Å²) in [5, 5.41) is 2.94. The second-order valence-electron chi connectivity index (χ2n) is 6.78. The molecular formula is C20H21BrN2O2. The number of carbonyl (C=O) groups is 2. The van der Waals surface area contributed by atoms with Crippen molar-refractivity contribution in [2.24, 2.45) is 0 Å². The zero-order chi connectivity index (χ0) is 18.0. The summed E-state index contributed by atoms with van der Waals surface area (Å²) in [6, 6.07) is 16.8. The molecule has 2 aromatic carbocycles. The Balaban J connectivity index is 1.72. The Hall–Kier alpha value is -2.14. The van der Waals surface area contributed by atoms with E-state index in [0.29, 0.717) is 13.0 Å². The summed E-state index contributed by atoms with van der Waals surface area (Å²) in [5.74, 6) is -0.191. The number of carbonyl (C=O) groups excluding carboxylic acids is 2. The maximum absolute atomic E-state index is 12.8. The van der Waals surface area contributed by atoms with Gasteiger partial charge in [-0.05, 0) is 50.1 Å². The Bertz CT molecular complexity index is 789. The van der Waals surface area contributed by atoms with Crippen LogP contribution in [0.5, 0.6) is 0 Å². The summed E-state index contributed by atoms with van der Waals surface area (Å²) in [6.45, 7) is 4.36. The van der Waals surface area contributed by atoms with Crippen LogP contribution < -0.4 is 10.2 Å². The van der Waals surface area contributed by atoms with Crippen LogP contribution in [0.4, 0.5) is 5.69 Å². The average molecular weight is 401 g/mol. The lowest BCUT2D eigenvalue weighted by Crippen LogP contribution is -2.48. The number of amides is 2. The van der Waals surface area contributed by atoms with Gasteiger partial charge in [0.05, 0.1) is 5.41 Å². The zero-order valence-electron chi connectivity index (χ0n) is 14.3. The van der Waals surface area contributed by atoms with Crippen LogP contribution in [0.25, 0.3) is 0 Å². The minimum atomic E-state index is -0.718. The number of rotatable bonds is 4. The molecule has 0 saturated carbocycles. The van der Waals surface area contributed by atoms with Crippen molar-refractivity contribution in [2.75, 3.05) is 11.4 Å². The predicted octanol–water partition coefficient (Wildman–Crippen LogP) is 3.65. The number of benzene rings is 2. The highest BCUT2D eigenvalue weighted by molar-refractivity contribution is 9.10. The van der Waals surface area contributed by atoms with Gasteiger partial charge in [0.1, 0.15) is 6.04 Å². The minimum Gasteiger partial charge on any atom is -0.343 e. The molecule has 0 radical (unpaired) electrons. The van der Waals surface area contributed by atoms with Crippen molar-refractivity contribution in [1.29, 1.82) is 0 Å². The molecule has 1 fully saturated rings. The van der Waals surface area contributed by atoms with Gasteiger partial charge in [0, 0.05) is 16.7 Å². The molecule has 0 aromatic heterocycles. The second-order valence-corrected chi connectivity index (χ2v) is 7.69. The largest absolute Gasteiger partial charge is 0.343 e. The van der Waals surface area contributed by atoms with Crippen molar-refractivity contribution >= 4 is 33.4 Å². The molecule has 1 N–H and O–H groups in total. The lowest BCUT2D eigenvalue weighted by Gasteiger charge is -2.26. The maximum atomic E-state index is 12.8. The average Bonchev–Trinajstić information content (AvgIpc) is 2.96. The van der Waals surface area contributed by atoms with Crippen LogP contribution in [0.1, 0.15) is 25.8 Å². The smallest absolute Gasteiger partial charge is 0.249 e. The van der Waals surface area contributed by atoms with E-state index in [1.54, 1.807) is 4.90 Å². The molecule has 130 valence electrons. The molecule has 1 aliphatic heterocycles. The molecule has 1 heterocycles. The van der Waals surface area contributed by atoms with Crippen LogP contribution in [0.3, 0.4) is 0 Å². The third-order valence-electron chi connectivity index (χ3n) is 4.69. The third kappa shape index (κ3) is 3.61. The van der Waals surface area contributed by atoms with E-state index in [4.69, 9.17) is 0 Å². The van der Waals surface area contributed by atoms with Crippen molar-refractivity contribution in [2.45, 2.75) is 31.7 Å². The highest BCUT2D eigenvalue weighted by Gasteiger charge is 2.37.